The van der Waals surface area contributed by atoms with Crippen LogP contribution >= 0.6 is 0 Å². The molecule has 1 spiro atoms. The summed E-state index contributed by atoms with van der Waals surface area (Å²) in [5.41, 5.74) is 0. The van der Waals surface area contributed by atoms with Crippen LogP contribution in [0.2, 0.25) is 0 Å². The van der Waals surface area contributed by atoms with Crippen molar-refractivity contribution in [2.24, 2.45) is 0 Å². The molecule has 3 rings (SSSR count). The zero-order valence-corrected chi connectivity index (χ0v) is 8.98. The Morgan fingerprint density at radius 3 is 2.67 bits per heavy atom. The van der Waals surface area contributed by atoms with Crippen LogP contribution in [0, 0.1) is 0 Å². The Kier molecular flexibility index (Phi) is 2.45. The molecule has 3 nitrogen and oxygen atoms in total. The molecule has 0 unspecified atom stereocenters. The first-order chi connectivity index (χ1) is 7.38. The monoisotopic (exact) mass is 210 g/mol. The van der Waals surface area contributed by atoms with Crippen molar-refractivity contribution in [1.29, 1.82) is 0 Å². The molecule has 2 heterocycles. The van der Waals surface area contributed by atoms with E-state index in [0.717, 1.165) is 19.3 Å². The second kappa shape index (κ2) is 3.80. The van der Waals surface area contributed by atoms with Gasteiger partial charge in [0.15, 0.2) is 5.79 Å². The highest BCUT2D eigenvalue weighted by atomic mass is 16.8. The van der Waals surface area contributed by atoms with E-state index in [1.165, 1.54) is 19.3 Å². The van der Waals surface area contributed by atoms with E-state index in [-0.39, 0.29) is 18.0 Å². The van der Waals surface area contributed by atoms with Gasteiger partial charge < -0.3 is 14.2 Å². The minimum absolute atomic E-state index is 0.137. The highest BCUT2D eigenvalue weighted by Crippen LogP contribution is 2.39. The lowest BCUT2D eigenvalue weighted by molar-refractivity contribution is -0.194. The van der Waals surface area contributed by atoms with Gasteiger partial charge in [-0.3, -0.25) is 0 Å². The molecule has 3 aliphatic rings. The predicted octanol–water partition coefficient (Wildman–Crippen LogP) is 2.36. The Morgan fingerprint density at radius 2 is 1.93 bits per heavy atom. The maximum atomic E-state index is 6.09. The second-order valence-corrected chi connectivity index (χ2v) is 4.72. The third-order valence-electron chi connectivity index (χ3n) is 3.62. The molecule has 1 saturated carbocycles. The smallest absolute Gasteiger partial charge is 0.169 e. The zero-order valence-electron chi connectivity index (χ0n) is 8.98. The lowest BCUT2D eigenvalue weighted by Crippen LogP contribution is -2.35. The van der Waals surface area contributed by atoms with Gasteiger partial charge in [0.1, 0.15) is 12.2 Å². The van der Waals surface area contributed by atoms with Gasteiger partial charge in [-0.2, -0.15) is 0 Å². The number of rotatable bonds is 1. The van der Waals surface area contributed by atoms with E-state index >= 15 is 0 Å². The van der Waals surface area contributed by atoms with Crippen LogP contribution in [0.4, 0.5) is 0 Å². The van der Waals surface area contributed by atoms with E-state index in [1.807, 2.05) is 0 Å². The van der Waals surface area contributed by atoms with Crippen molar-refractivity contribution in [3.05, 3.63) is 12.3 Å². The van der Waals surface area contributed by atoms with Crippen molar-refractivity contribution in [2.45, 2.75) is 56.5 Å². The quantitative estimate of drug-likeness (QED) is 0.665. The average Bonchev–Trinajstić information content (AvgIpc) is 2.88. The molecule has 0 aromatic carbocycles. The van der Waals surface area contributed by atoms with E-state index < -0.39 is 0 Å². The normalized spacial score (nSPS) is 38.4. The number of hydrogen-bond donors (Lipinski definition) is 0. The Balaban J connectivity index is 1.61. The largest absolute Gasteiger partial charge is 0.495 e. The minimum Gasteiger partial charge on any atom is -0.495 e. The van der Waals surface area contributed by atoms with Crippen LogP contribution in [0.3, 0.4) is 0 Å². The van der Waals surface area contributed by atoms with E-state index in [1.54, 1.807) is 6.26 Å². The predicted molar refractivity (Wildman–Crippen MR) is 55.3 cm³/mol. The fourth-order valence-corrected chi connectivity index (χ4v) is 2.75. The van der Waals surface area contributed by atoms with Crippen molar-refractivity contribution in [2.75, 3.05) is 6.61 Å². The topological polar surface area (TPSA) is 27.7 Å². The molecule has 1 aliphatic carbocycles. The highest BCUT2D eigenvalue weighted by molar-refractivity contribution is 4.94. The van der Waals surface area contributed by atoms with Crippen LogP contribution in [-0.2, 0) is 14.2 Å². The summed E-state index contributed by atoms with van der Waals surface area (Å²) in [4.78, 5) is 0. The molecule has 1 saturated heterocycles. The van der Waals surface area contributed by atoms with Gasteiger partial charge in [-0.1, -0.05) is 6.42 Å². The van der Waals surface area contributed by atoms with E-state index in [9.17, 15) is 0 Å². The lowest BCUT2D eigenvalue weighted by atomic mass is 9.94. The summed E-state index contributed by atoms with van der Waals surface area (Å²) in [6, 6.07) is 0. The van der Waals surface area contributed by atoms with E-state index in [4.69, 9.17) is 14.2 Å². The molecule has 2 aliphatic heterocycles. The Labute approximate surface area is 90.4 Å². The Morgan fingerprint density at radius 1 is 1.07 bits per heavy atom. The van der Waals surface area contributed by atoms with Crippen LogP contribution in [-0.4, -0.2) is 24.6 Å². The van der Waals surface area contributed by atoms with Crippen molar-refractivity contribution < 1.29 is 14.2 Å². The van der Waals surface area contributed by atoms with Crippen LogP contribution in [0.1, 0.15) is 38.5 Å². The van der Waals surface area contributed by atoms with Crippen molar-refractivity contribution in [1.82, 2.24) is 0 Å². The summed E-state index contributed by atoms with van der Waals surface area (Å²) in [5.74, 6) is -0.255. The molecule has 0 radical (unpaired) electrons. The molecule has 3 heteroatoms. The molecule has 0 amide bonds. The third kappa shape index (κ3) is 1.79. The van der Waals surface area contributed by atoms with Gasteiger partial charge in [0.05, 0.1) is 12.9 Å². The second-order valence-electron chi connectivity index (χ2n) is 4.72. The van der Waals surface area contributed by atoms with Crippen LogP contribution in [0.15, 0.2) is 12.3 Å². The van der Waals surface area contributed by atoms with Crippen LogP contribution < -0.4 is 0 Å². The average molecular weight is 210 g/mol. The fourth-order valence-electron chi connectivity index (χ4n) is 2.75. The van der Waals surface area contributed by atoms with Gasteiger partial charge in [0, 0.05) is 19.3 Å². The molecule has 0 aromatic heterocycles. The van der Waals surface area contributed by atoms with E-state index in [2.05, 4.69) is 6.08 Å². The molecule has 0 bridgehead atoms. The lowest BCUT2D eigenvalue weighted by Gasteiger charge is -2.32. The molecular formula is C12H18O3. The minimum atomic E-state index is -0.255. The highest BCUT2D eigenvalue weighted by Gasteiger charge is 2.45. The zero-order chi connectivity index (χ0) is 10.1. The molecule has 2 atom stereocenters. The van der Waals surface area contributed by atoms with Gasteiger partial charge in [-0.15, -0.1) is 0 Å². The summed E-state index contributed by atoms with van der Waals surface area (Å²) in [5, 5.41) is 0. The first kappa shape index (κ1) is 9.67. The SMILES string of the molecule is C1=CO[C@@H]([C@H]2COC3(CCCCC3)O2)C1. The summed E-state index contributed by atoms with van der Waals surface area (Å²) in [7, 11) is 0. The van der Waals surface area contributed by atoms with Gasteiger partial charge in [0.25, 0.3) is 0 Å². The van der Waals surface area contributed by atoms with Crippen molar-refractivity contribution >= 4 is 0 Å². The summed E-state index contributed by atoms with van der Waals surface area (Å²) in [6.45, 7) is 0.701. The Hall–Kier alpha value is -0.540. The molecule has 15 heavy (non-hydrogen) atoms. The molecular weight excluding hydrogens is 192 g/mol. The first-order valence-electron chi connectivity index (χ1n) is 6.00. The first-order valence-corrected chi connectivity index (χ1v) is 6.00. The maximum absolute atomic E-state index is 6.09. The maximum Gasteiger partial charge on any atom is 0.169 e. The molecule has 0 N–H and O–H groups in total. The van der Waals surface area contributed by atoms with Gasteiger partial charge >= 0.3 is 0 Å². The standard InChI is InChI=1S/C12H18O3/c1-2-6-12(7-3-1)14-9-11(15-12)10-5-4-8-13-10/h4,8,10-11H,1-3,5-7,9H2/t10-,11-/m1/s1. The van der Waals surface area contributed by atoms with Crippen molar-refractivity contribution in [3.8, 4) is 0 Å². The van der Waals surface area contributed by atoms with Gasteiger partial charge in [-0.05, 0) is 18.9 Å². The third-order valence-corrected chi connectivity index (χ3v) is 3.62. The van der Waals surface area contributed by atoms with Crippen LogP contribution in [0.5, 0.6) is 0 Å². The van der Waals surface area contributed by atoms with Crippen molar-refractivity contribution in [3.63, 3.8) is 0 Å². The molecule has 2 fully saturated rings. The van der Waals surface area contributed by atoms with Gasteiger partial charge in [0.2, 0.25) is 0 Å². The summed E-state index contributed by atoms with van der Waals surface area (Å²) < 4.78 is 17.4. The summed E-state index contributed by atoms with van der Waals surface area (Å²) in [6.07, 6.45) is 11.0. The van der Waals surface area contributed by atoms with Crippen LogP contribution in [0.25, 0.3) is 0 Å². The number of ether oxygens (including phenoxy) is 3. The van der Waals surface area contributed by atoms with E-state index in [0.29, 0.717) is 6.61 Å². The summed E-state index contributed by atoms with van der Waals surface area (Å²) >= 11 is 0. The molecule has 84 valence electrons. The Bertz CT molecular complexity index is 248. The van der Waals surface area contributed by atoms with Gasteiger partial charge in [-0.25, -0.2) is 0 Å². The fraction of sp³-hybridized carbons (Fsp3) is 0.833. The number of hydrogen-bond acceptors (Lipinski definition) is 3. The molecule has 0 aromatic rings.